The lowest BCUT2D eigenvalue weighted by Gasteiger charge is -2.18. The SMILES string of the molecule is NN(Oc1ccc(OCC(F)(F)F)cc1)c1ccccc1. The maximum atomic E-state index is 12.0. The van der Waals surface area contributed by atoms with Crippen LogP contribution in [-0.4, -0.2) is 12.8 Å². The van der Waals surface area contributed by atoms with Crippen LogP contribution in [0.4, 0.5) is 18.9 Å². The minimum absolute atomic E-state index is 0.1000. The molecular weight excluding hydrogens is 285 g/mol. The van der Waals surface area contributed by atoms with Crippen LogP contribution in [0.2, 0.25) is 0 Å². The van der Waals surface area contributed by atoms with Crippen molar-refractivity contribution in [3.05, 3.63) is 54.6 Å². The van der Waals surface area contributed by atoms with E-state index in [0.717, 1.165) is 5.17 Å². The van der Waals surface area contributed by atoms with E-state index in [1.165, 1.54) is 24.3 Å². The number of nitrogens with two attached hydrogens (primary N) is 1. The first-order chi connectivity index (χ1) is 9.94. The predicted octanol–water partition coefficient (Wildman–Crippen LogP) is 3.30. The molecule has 0 spiro atoms. The van der Waals surface area contributed by atoms with Gasteiger partial charge in [-0.1, -0.05) is 18.2 Å². The number of hydrogen-bond donors (Lipinski definition) is 1. The Bertz CT molecular complexity index is 559. The highest BCUT2D eigenvalue weighted by Crippen LogP contribution is 2.22. The van der Waals surface area contributed by atoms with Crippen LogP contribution in [0.1, 0.15) is 0 Å². The molecular formula is C14H13F3N2O2. The summed E-state index contributed by atoms with van der Waals surface area (Å²) in [6, 6.07) is 14.6. The van der Waals surface area contributed by atoms with Crippen LogP contribution >= 0.6 is 0 Å². The molecule has 21 heavy (non-hydrogen) atoms. The van der Waals surface area contributed by atoms with E-state index in [9.17, 15) is 13.2 Å². The van der Waals surface area contributed by atoms with Crippen molar-refractivity contribution >= 4 is 5.69 Å². The van der Waals surface area contributed by atoms with E-state index in [4.69, 9.17) is 10.7 Å². The van der Waals surface area contributed by atoms with Crippen LogP contribution in [0.25, 0.3) is 0 Å². The monoisotopic (exact) mass is 298 g/mol. The first kappa shape index (κ1) is 15.0. The van der Waals surface area contributed by atoms with Crippen molar-refractivity contribution in [2.45, 2.75) is 6.18 Å². The Balaban J connectivity index is 1.93. The number of halogens is 3. The van der Waals surface area contributed by atoms with Gasteiger partial charge in [-0.15, -0.1) is 5.17 Å². The van der Waals surface area contributed by atoms with Crippen molar-refractivity contribution in [1.82, 2.24) is 0 Å². The molecule has 2 rings (SSSR count). The summed E-state index contributed by atoms with van der Waals surface area (Å²) in [6.07, 6.45) is -4.36. The van der Waals surface area contributed by atoms with Gasteiger partial charge < -0.3 is 9.57 Å². The highest BCUT2D eigenvalue weighted by atomic mass is 19.4. The van der Waals surface area contributed by atoms with Crippen molar-refractivity contribution in [3.8, 4) is 11.5 Å². The minimum Gasteiger partial charge on any atom is -0.484 e. The number of anilines is 1. The maximum absolute atomic E-state index is 12.0. The number of para-hydroxylation sites is 1. The predicted molar refractivity (Wildman–Crippen MR) is 71.7 cm³/mol. The average molecular weight is 298 g/mol. The van der Waals surface area contributed by atoms with Gasteiger partial charge in [0.05, 0.1) is 5.69 Å². The van der Waals surface area contributed by atoms with Crippen molar-refractivity contribution in [2.75, 3.05) is 11.8 Å². The van der Waals surface area contributed by atoms with E-state index in [-0.39, 0.29) is 5.75 Å². The Hall–Kier alpha value is -2.41. The molecule has 0 saturated carbocycles. The summed E-state index contributed by atoms with van der Waals surface area (Å²) >= 11 is 0. The third-order valence-electron chi connectivity index (χ3n) is 2.44. The standard InChI is InChI=1S/C14H13F3N2O2/c15-14(16,17)10-20-12-6-8-13(9-7-12)21-19(18)11-4-2-1-3-5-11/h1-9H,10,18H2. The molecule has 0 aliphatic carbocycles. The van der Waals surface area contributed by atoms with Gasteiger partial charge in [0.1, 0.15) is 5.75 Å². The van der Waals surface area contributed by atoms with Crippen LogP contribution in [0.5, 0.6) is 11.5 Å². The smallest absolute Gasteiger partial charge is 0.422 e. The zero-order chi connectivity index (χ0) is 15.3. The van der Waals surface area contributed by atoms with Crippen molar-refractivity contribution in [1.29, 1.82) is 0 Å². The molecule has 0 bridgehead atoms. The van der Waals surface area contributed by atoms with Crippen LogP contribution in [0.3, 0.4) is 0 Å². The number of ether oxygens (including phenoxy) is 1. The Morgan fingerprint density at radius 1 is 0.905 bits per heavy atom. The van der Waals surface area contributed by atoms with Crippen molar-refractivity contribution in [3.63, 3.8) is 0 Å². The summed E-state index contributed by atoms with van der Waals surface area (Å²) in [5.41, 5.74) is 0.634. The molecule has 7 heteroatoms. The first-order valence-corrected chi connectivity index (χ1v) is 6.01. The quantitative estimate of drug-likeness (QED) is 0.679. The number of benzene rings is 2. The van der Waals surface area contributed by atoms with Crippen LogP contribution in [-0.2, 0) is 0 Å². The largest absolute Gasteiger partial charge is 0.484 e. The fourth-order valence-corrected chi connectivity index (χ4v) is 1.50. The Morgan fingerprint density at radius 3 is 2.05 bits per heavy atom. The lowest BCUT2D eigenvalue weighted by atomic mass is 10.3. The van der Waals surface area contributed by atoms with Gasteiger partial charge in [0, 0.05) is 0 Å². The summed E-state index contributed by atoms with van der Waals surface area (Å²) in [4.78, 5) is 5.33. The Kier molecular flexibility index (Phi) is 4.54. The fraction of sp³-hybridized carbons (Fsp3) is 0.143. The lowest BCUT2D eigenvalue weighted by molar-refractivity contribution is -0.153. The van der Waals surface area contributed by atoms with Gasteiger partial charge in [-0.05, 0) is 36.4 Å². The van der Waals surface area contributed by atoms with E-state index in [0.29, 0.717) is 11.4 Å². The van der Waals surface area contributed by atoms with E-state index in [1.807, 2.05) is 6.07 Å². The van der Waals surface area contributed by atoms with E-state index >= 15 is 0 Å². The summed E-state index contributed by atoms with van der Waals surface area (Å²) in [5.74, 6) is 6.19. The van der Waals surface area contributed by atoms with Crippen LogP contribution in [0, 0.1) is 0 Å². The number of alkyl halides is 3. The van der Waals surface area contributed by atoms with Crippen molar-refractivity contribution in [2.24, 2.45) is 5.84 Å². The molecule has 0 aliphatic rings. The minimum atomic E-state index is -4.36. The average Bonchev–Trinajstić information content (AvgIpc) is 2.46. The van der Waals surface area contributed by atoms with Gasteiger partial charge in [0.25, 0.3) is 0 Å². The summed E-state index contributed by atoms with van der Waals surface area (Å²) < 4.78 is 40.6. The molecule has 2 aromatic carbocycles. The van der Waals surface area contributed by atoms with Gasteiger partial charge in [-0.2, -0.15) is 13.2 Å². The molecule has 2 N–H and O–H groups in total. The third kappa shape index (κ3) is 4.88. The molecule has 0 heterocycles. The molecule has 0 aromatic heterocycles. The zero-order valence-electron chi connectivity index (χ0n) is 10.9. The lowest BCUT2D eigenvalue weighted by Crippen LogP contribution is -2.34. The first-order valence-electron chi connectivity index (χ1n) is 6.01. The molecule has 0 atom stereocenters. The third-order valence-corrected chi connectivity index (χ3v) is 2.44. The van der Waals surface area contributed by atoms with Gasteiger partial charge in [0.2, 0.25) is 0 Å². The normalized spacial score (nSPS) is 11.0. The zero-order valence-corrected chi connectivity index (χ0v) is 10.9. The highest BCUT2D eigenvalue weighted by Gasteiger charge is 2.28. The van der Waals surface area contributed by atoms with E-state index in [2.05, 4.69) is 4.74 Å². The molecule has 4 nitrogen and oxygen atoms in total. The van der Waals surface area contributed by atoms with Gasteiger partial charge in [0.15, 0.2) is 12.4 Å². The van der Waals surface area contributed by atoms with Crippen LogP contribution < -0.4 is 20.6 Å². The molecule has 0 aliphatic heterocycles. The maximum Gasteiger partial charge on any atom is 0.422 e. The number of hydrogen-bond acceptors (Lipinski definition) is 4. The van der Waals surface area contributed by atoms with Gasteiger partial charge >= 0.3 is 6.18 Å². The Labute approximate surface area is 119 Å². The van der Waals surface area contributed by atoms with Gasteiger partial charge in [-0.3, -0.25) is 0 Å². The second kappa shape index (κ2) is 6.36. The second-order valence-electron chi connectivity index (χ2n) is 4.13. The molecule has 0 radical (unpaired) electrons. The van der Waals surface area contributed by atoms with Crippen molar-refractivity contribution < 1.29 is 22.7 Å². The molecule has 0 amide bonds. The molecule has 0 saturated heterocycles. The topological polar surface area (TPSA) is 47.7 Å². The summed E-state index contributed by atoms with van der Waals surface area (Å²) in [5, 5.41) is 1.06. The second-order valence-corrected chi connectivity index (χ2v) is 4.13. The van der Waals surface area contributed by atoms with E-state index < -0.39 is 12.8 Å². The molecule has 0 fully saturated rings. The highest BCUT2D eigenvalue weighted by molar-refractivity contribution is 5.43. The number of hydrazine groups is 1. The van der Waals surface area contributed by atoms with E-state index in [1.54, 1.807) is 24.3 Å². The number of nitrogens with zero attached hydrogens (tertiary/aromatic N) is 1. The van der Waals surface area contributed by atoms with Crippen LogP contribution in [0.15, 0.2) is 54.6 Å². The Morgan fingerprint density at radius 2 is 1.48 bits per heavy atom. The molecule has 2 aromatic rings. The summed E-state index contributed by atoms with van der Waals surface area (Å²) in [6.45, 7) is -1.33. The molecule has 0 unspecified atom stereocenters. The van der Waals surface area contributed by atoms with Gasteiger partial charge in [-0.25, -0.2) is 5.84 Å². The fourth-order valence-electron chi connectivity index (χ4n) is 1.50. The number of rotatable bonds is 5. The molecule has 112 valence electrons. The summed E-state index contributed by atoms with van der Waals surface area (Å²) in [7, 11) is 0.